The van der Waals surface area contributed by atoms with Crippen molar-refractivity contribution in [2.45, 2.75) is 195 Å². The van der Waals surface area contributed by atoms with E-state index in [9.17, 15) is 17.3 Å². The summed E-state index contributed by atoms with van der Waals surface area (Å²) in [4.78, 5) is 0. The van der Waals surface area contributed by atoms with E-state index in [1.54, 1.807) is 50.3 Å². The summed E-state index contributed by atoms with van der Waals surface area (Å²) in [5, 5.41) is 0. The quantitative estimate of drug-likeness (QED) is 0.0333. The van der Waals surface area contributed by atoms with Crippen molar-refractivity contribution in [2.24, 2.45) is 0 Å². The van der Waals surface area contributed by atoms with Crippen LogP contribution in [0.15, 0.2) is 0 Å². The molecular formula is C34H73BF4P-. The molecule has 0 aromatic carbocycles. The fourth-order valence-electron chi connectivity index (χ4n) is 6.22. The SMILES string of the molecule is CCCCCCCCCCCCCCCC[PH](CCCCCC)(CCCCCC)CCCCCC.F[B-](F)(F)F. The predicted octanol–water partition coefficient (Wildman–Crippen LogP) is 14.3. The third-order valence-electron chi connectivity index (χ3n) is 8.74. The van der Waals surface area contributed by atoms with Gasteiger partial charge >= 0.3 is 208 Å². The molecule has 246 valence electrons. The second kappa shape index (κ2) is 32.1. The van der Waals surface area contributed by atoms with Crippen molar-refractivity contribution in [2.75, 3.05) is 24.6 Å². The van der Waals surface area contributed by atoms with Crippen molar-refractivity contribution in [3.05, 3.63) is 0 Å². The first-order valence-corrected chi connectivity index (χ1v) is 20.9. The summed E-state index contributed by atoms with van der Waals surface area (Å²) in [5.74, 6) is 0. The van der Waals surface area contributed by atoms with Gasteiger partial charge in [0.2, 0.25) is 0 Å². The summed E-state index contributed by atoms with van der Waals surface area (Å²) >= 11 is 0. The molecule has 0 N–H and O–H groups in total. The van der Waals surface area contributed by atoms with Gasteiger partial charge in [-0.1, -0.05) is 26.2 Å². The van der Waals surface area contributed by atoms with Gasteiger partial charge in [-0.2, -0.15) is 0 Å². The Morgan fingerprint density at radius 1 is 0.300 bits per heavy atom. The van der Waals surface area contributed by atoms with E-state index in [4.69, 9.17) is 0 Å². The summed E-state index contributed by atoms with van der Waals surface area (Å²) in [6, 6.07) is 0. The largest absolute Gasteiger partial charge is 0.673 e. The molecule has 0 fully saturated rings. The van der Waals surface area contributed by atoms with Crippen molar-refractivity contribution in [1.82, 2.24) is 0 Å². The molecule has 0 saturated heterocycles. The minimum Gasteiger partial charge on any atom is -0.418 e. The maximum Gasteiger partial charge on any atom is 0.673 e. The minimum atomic E-state index is -6.00. The number of unbranched alkanes of at least 4 members (excludes halogenated alkanes) is 22. The molecule has 0 aromatic heterocycles. The molecule has 6 heteroatoms. The van der Waals surface area contributed by atoms with E-state index in [1.165, 1.54) is 141 Å². The van der Waals surface area contributed by atoms with Crippen LogP contribution in [0.5, 0.6) is 0 Å². The Morgan fingerprint density at radius 3 is 0.650 bits per heavy atom. The van der Waals surface area contributed by atoms with Crippen molar-refractivity contribution < 1.29 is 17.3 Å². The molecule has 0 saturated carbocycles. The summed E-state index contributed by atoms with van der Waals surface area (Å²) < 4.78 is 39.0. The van der Waals surface area contributed by atoms with E-state index in [2.05, 4.69) is 27.7 Å². The first-order chi connectivity index (χ1) is 19.2. The Morgan fingerprint density at radius 2 is 0.450 bits per heavy atom. The second-order valence-electron chi connectivity index (χ2n) is 12.8. The molecule has 0 aromatic rings. The van der Waals surface area contributed by atoms with Gasteiger partial charge in [0.25, 0.3) is 0 Å². The Balaban J connectivity index is 0. The van der Waals surface area contributed by atoms with Crippen LogP contribution in [0.2, 0.25) is 0 Å². The van der Waals surface area contributed by atoms with Crippen molar-refractivity contribution in [1.29, 1.82) is 0 Å². The van der Waals surface area contributed by atoms with Crippen molar-refractivity contribution in [3.63, 3.8) is 0 Å². The van der Waals surface area contributed by atoms with Gasteiger partial charge in [0.15, 0.2) is 0 Å². The molecule has 0 amide bonds. The second-order valence-corrected chi connectivity index (χ2v) is 17.8. The third kappa shape index (κ3) is 36.2. The van der Waals surface area contributed by atoms with Gasteiger partial charge in [0, 0.05) is 0 Å². The molecule has 40 heavy (non-hydrogen) atoms. The maximum absolute atomic E-state index is 9.75. The number of hydrogen-bond acceptors (Lipinski definition) is 0. The average molecular weight is 600 g/mol. The number of rotatable bonds is 30. The first-order valence-electron chi connectivity index (χ1n) is 18.1. The van der Waals surface area contributed by atoms with Gasteiger partial charge in [0.1, 0.15) is 0 Å². The van der Waals surface area contributed by atoms with Crippen LogP contribution in [-0.4, -0.2) is 31.9 Å². The fraction of sp³-hybridized carbons (Fsp3) is 1.00. The van der Waals surface area contributed by atoms with E-state index < -0.39 is 14.5 Å². The van der Waals surface area contributed by atoms with Gasteiger partial charge in [-0.25, -0.2) is 0 Å². The smallest absolute Gasteiger partial charge is 0.418 e. The molecule has 0 aliphatic rings. The average Bonchev–Trinajstić information content (AvgIpc) is 2.91. The van der Waals surface area contributed by atoms with Crippen LogP contribution in [-0.2, 0) is 0 Å². The molecule has 0 aliphatic carbocycles. The Labute approximate surface area is 250 Å². The van der Waals surface area contributed by atoms with Crippen LogP contribution >= 0.6 is 7.26 Å². The van der Waals surface area contributed by atoms with Gasteiger partial charge in [-0.05, 0) is 0 Å². The fourth-order valence-corrected chi connectivity index (χ4v) is 11.7. The van der Waals surface area contributed by atoms with Gasteiger partial charge in [0.05, 0.1) is 0 Å². The molecular weight excluding hydrogens is 526 g/mol. The predicted molar refractivity (Wildman–Crippen MR) is 181 cm³/mol. The third-order valence-corrected chi connectivity index (χ3v) is 14.4. The zero-order chi connectivity index (χ0) is 30.2. The Kier molecular flexibility index (Phi) is 34.0. The topological polar surface area (TPSA) is 0 Å². The Bertz CT molecular complexity index is 436. The zero-order valence-electron chi connectivity index (χ0n) is 27.8. The van der Waals surface area contributed by atoms with Crippen LogP contribution in [0.4, 0.5) is 17.3 Å². The van der Waals surface area contributed by atoms with E-state index >= 15 is 0 Å². The van der Waals surface area contributed by atoms with Gasteiger partial charge < -0.3 is 17.3 Å². The molecule has 0 radical (unpaired) electrons. The molecule has 0 nitrogen and oxygen atoms in total. The summed E-state index contributed by atoms with van der Waals surface area (Å²) in [5.41, 5.74) is 0. The van der Waals surface area contributed by atoms with Crippen LogP contribution in [0, 0.1) is 0 Å². The van der Waals surface area contributed by atoms with E-state index in [0.29, 0.717) is 0 Å². The van der Waals surface area contributed by atoms with Crippen molar-refractivity contribution in [3.8, 4) is 0 Å². The van der Waals surface area contributed by atoms with E-state index in [0.717, 1.165) is 0 Å². The molecule has 0 rings (SSSR count). The molecule has 0 bridgehead atoms. The van der Waals surface area contributed by atoms with Gasteiger partial charge in [-0.3, -0.25) is 0 Å². The minimum absolute atomic E-state index is 1.05. The summed E-state index contributed by atoms with van der Waals surface area (Å²) in [6.45, 7) is 9.43. The first kappa shape index (κ1) is 42.3. The number of hydrogen-bond donors (Lipinski definition) is 0. The molecule has 0 spiro atoms. The van der Waals surface area contributed by atoms with Crippen LogP contribution in [0.25, 0.3) is 0 Å². The van der Waals surface area contributed by atoms with Crippen LogP contribution in [0.1, 0.15) is 195 Å². The van der Waals surface area contributed by atoms with E-state index in [-0.39, 0.29) is 0 Å². The maximum atomic E-state index is 9.75. The standard InChI is InChI=1S/C34H73P.BF4/c1-5-9-13-17-18-19-20-21-22-23-24-25-26-30-34-35(31-27-14-10-6-2,32-28-15-11-7-3)33-29-16-12-8-4;2-1(3,4)5/h35H,5-34H2,1-4H3;/q;-1. The number of halogens is 4. The zero-order valence-corrected chi connectivity index (χ0v) is 28.8. The molecule has 0 atom stereocenters. The van der Waals surface area contributed by atoms with Crippen LogP contribution in [0.3, 0.4) is 0 Å². The van der Waals surface area contributed by atoms with Gasteiger partial charge in [-0.15, -0.1) is 0 Å². The van der Waals surface area contributed by atoms with E-state index in [1.807, 2.05) is 0 Å². The normalized spacial score (nSPS) is 12.4. The van der Waals surface area contributed by atoms with Crippen molar-refractivity contribution >= 4 is 14.5 Å². The monoisotopic (exact) mass is 600 g/mol. The Hall–Kier alpha value is 0.215. The molecule has 0 heterocycles. The van der Waals surface area contributed by atoms with Crippen LogP contribution < -0.4 is 0 Å². The molecule has 0 unspecified atom stereocenters. The summed E-state index contributed by atoms with van der Waals surface area (Å²) in [6.07, 6.45) is 45.3. The summed E-state index contributed by atoms with van der Waals surface area (Å²) in [7, 11) is -7.05. The molecule has 0 aliphatic heterocycles.